The molecule has 2 unspecified atom stereocenters. The number of likely N-dealkylation sites (tertiary alicyclic amines) is 1. The summed E-state index contributed by atoms with van der Waals surface area (Å²) in [6, 6.07) is 17.7. The van der Waals surface area contributed by atoms with Gasteiger partial charge in [-0.15, -0.1) is 0 Å². The first-order valence-corrected chi connectivity index (χ1v) is 8.59. The Morgan fingerprint density at radius 2 is 1.75 bits per heavy atom. The van der Waals surface area contributed by atoms with Gasteiger partial charge in [0.2, 0.25) is 5.91 Å². The average Bonchev–Trinajstić information content (AvgIpc) is 2.84. The molecule has 1 spiro atoms. The molecule has 0 aromatic heterocycles. The number of Topliss-reactive ketones (excluding diaryl/α,β-unsaturated/α-hetero) is 1. The fourth-order valence-electron chi connectivity index (χ4n) is 4.32. The molecule has 2 aromatic carbocycles. The molecule has 2 aliphatic rings. The zero-order valence-electron chi connectivity index (χ0n) is 13.9. The third kappa shape index (κ3) is 2.11. The molecular formula is C21H21NO2. The Labute approximate surface area is 142 Å². The van der Waals surface area contributed by atoms with Crippen LogP contribution in [0.3, 0.4) is 0 Å². The van der Waals surface area contributed by atoms with Crippen LogP contribution in [-0.4, -0.2) is 23.1 Å². The van der Waals surface area contributed by atoms with Crippen molar-refractivity contribution in [1.82, 2.24) is 4.90 Å². The van der Waals surface area contributed by atoms with Crippen molar-refractivity contribution in [2.75, 3.05) is 6.54 Å². The van der Waals surface area contributed by atoms with Gasteiger partial charge in [0.1, 0.15) is 5.41 Å². The number of rotatable bonds is 2. The van der Waals surface area contributed by atoms with Crippen molar-refractivity contribution in [1.29, 1.82) is 0 Å². The molecule has 1 heterocycles. The van der Waals surface area contributed by atoms with Crippen molar-refractivity contribution in [2.24, 2.45) is 11.3 Å². The highest BCUT2D eigenvalue weighted by Gasteiger charge is 2.58. The van der Waals surface area contributed by atoms with E-state index >= 15 is 0 Å². The minimum atomic E-state index is -0.858. The van der Waals surface area contributed by atoms with Crippen molar-refractivity contribution in [3.05, 3.63) is 71.3 Å². The summed E-state index contributed by atoms with van der Waals surface area (Å²) in [6.45, 7) is 3.29. The first kappa shape index (κ1) is 15.1. The van der Waals surface area contributed by atoms with E-state index in [2.05, 4.69) is 6.92 Å². The lowest BCUT2D eigenvalue weighted by Gasteiger charge is -2.34. The molecule has 1 fully saturated rings. The van der Waals surface area contributed by atoms with Gasteiger partial charge in [-0.3, -0.25) is 9.59 Å². The van der Waals surface area contributed by atoms with Gasteiger partial charge in [0.25, 0.3) is 0 Å². The van der Waals surface area contributed by atoms with E-state index in [9.17, 15) is 9.59 Å². The van der Waals surface area contributed by atoms with Crippen LogP contribution in [-0.2, 0) is 17.8 Å². The normalized spacial score (nSPS) is 26.0. The maximum Gasteiger partial charge on any atom is 0.237 e. The van der Waals surface area contributed by atoms with Gasteiger partial charge in [-0.05, 0) is 29.9 Å². The van der Waals surface area contributed by atoms with Gasteiger partial charge in [-0.25, -0.2) is 0 Å². The van der Waals surface area contributed by atoms with Gasteiger partial charge in [0.05, 0.1) is 0 Å². The highest BCUT2D eigenvalue weighted by Crippen LogP contribution is 2.47. The minimum Gasteiger partial charge on any atom is -0.337 e. The summed E-state index contributed by atoms with van der Waals surface area (Å²) in [4.78, 5) is 28.3. The van der Waals surface area contributed by atoms with Gasteiger partial charge in [-0.2, -0.15) is 0 Å². The Kier molecular flexibility index (Phi) is 3.52. The molecule has 4 rings (SSSR count). The number of carbonyl (C=O) groups is 2. The summed E-state index contributed by atoms with van der Waals surface area (Å²) in [5, 5.41) is 0. The lowest BCUT2D eigenvalue weighted by Crippen LogP contribution is -2.45. The van der Waals surface area contributed by atoms with E-state index < -0.39 is 5.41 Å². The monoisotopic (exact) mass is 319 g/mol. The van der Waals surface area contributed by atoms with E-state index in [0.29, 0.717) is 19.5 Å². The molecular weight excluding hydrogens is 298 g/mol. The SMILES string of the molecule is CC1CN(Cc2ccccc2)C(=O)C12CCc1ccccc1C2=O. The molecule has 3 heteroatoms. The number of benzene rings is 2. The van der Waals surface area contributed by atoms with Crippen LogP contribution >= 0.6 is 0 Å². The lowest BCUT2D eigenvalue weighted by molar-refractivity contribution is -0.135. The smallest absolute Gasteiger partial charge is 0.237 e. The second-order valence-electron chi connectivity index (χ2n) is 7.03. The van der Waals surface area contributed by atoms with Crippen molar-refractivity contribution < 1.29 is 9.59 Å². The highest BCUT2D eigenvalue weighted by molar-refractivity contribution is 6.16. The number of aryl methyl sites for hydroxylation is 1. The number of carbonyl (C=O) groups excluding carboxylic acids is 2. The topological polar surface area (TPSA) is 37.4 Å². The van der Waals surface area contributed by atoms with Gasteiger partial charge in [-0.1, -0.05) is 61.5 Å². The van der Waals surface area contributed by atoms with Crippen LogP contribution < -0.4 is 0 Å². The summed E-state index contributed by atoms with van der Waals surface area (Å²) < 4.78 is 0. The molecule has 122 valence electrons. The second kappa shape index (κ2) is 5.59. The molecule has 2 atom stereocenters. The van der Waals surface area contributed by atoms with Gasteiger partial charge in [0, 0.05) is 18.7 Å². The quantitative estimate of drug-likeness (QED) is 0.795. The van der Waals surface area contributed by atoms with Crippen molar-refractivity contribution >= 4 is 11.7 Å². The first-order chi connectivity index (χ1) is 11.6. The Morgan fingerprint density at radius 3 is 2.54 bits per heavy atom. The van der Waals surface area contributed by atoms with Crippen molar-refractivity contribution in [3.8, 4) is 0 Å². The number of fused-ring (bicyclic) bond motifs is 1. The van der Waals surface area contributed by atoms with Gasteiger partial charge < -0.3 is 4.90 Å². The number of hydrogen-bond acceptors (Lipinski definition) is 2. The summed E-state index contributed by atoms with van der Waals surface area (Å²) >= 11 is 0. The zero-order valence-corrected chi connectivity index (χ0v) is 13.9. The molecule has 0 radical (unpaired) electrons. The summed E-state index contributed by atoms with van der Waals surface area (Å²) in [6.07, 6.45) is 1.44. The van der Waals surface area contributed by atoms with E-state index in [1.165, 1.54) is 0 Å². The van der Waals surface area contributed by atoms with Crippen LogP contribution in [0.15, 0.2) is 54.6 Å². The van der Waals surface area contributed by atoms with Crippen LogP contribution in [0.25, 0.3) is 0 Å². The third-order valence-electron chi connectivity index (χ3n) is 5.68. The summed E-state index contributed by atoms with van der Waals surface area (Å²) in [5.74, 6) is 0.0883. The number of hydrogen-bond donors (Lipinski definition) is 0. The Balaban J connectivity index is 1.67. The molecule has 3 nitrogen and oxygen atoms in total. The largest absolute Gasteiger partial charge is 0.337 e. The summed E-state index contributed by atoms with van der Waals surface area (Å²) in [5.41, 5.74) is 2.07. The highest BCUT2D eigenvalue weighted by atomic mass is 16.2. The van der Waals surface area contributed by atoms with E-state index in [0.717, 1.165) is 23.1 Å². The zero-order chi connectivity index (χ0) is 16.7. The maximum atomic E-state index is 13.2. The van der Waals surface area contributed by atoms with E-state index in [-0.39, 0.29) is 17.6 Å². The fraction of sp³-hybridized carbons (Fsp3) is 0.333. The molecule has 0 N–H and O–H groups in total. The Hall–Kier alpha value is -2.42. The number of nitrogens with zero attached hydrogens (tertiary/aromatic N) is 1. The molecule has 0 saturated carbocycles. The third-order valence-corrected chi connectivity index (χ3v) is 5.68. The van der Waals surface area contributed by atoms with E-state index in [4.69, 9.17) is 0 Å². The van der Waals surface area contributed by atoms with Gasteiger partial charge in [0.15, 0.2) is 5.78 Å². The first-order valence-electron chi connectivity index (χ1n) is 8.59. The summed E-state index contributed by atoms with van der Waals surface area (Å²) in [7, 11) is 0. The van der Waals surface area contributed by atoms with Crippen LogP contribution in [0.1, 0.15) is 34.8 Å². The Morgan fingerprint density at radius 1 is 1.04 bits per heavy atom. The standard InChI is InChI=1S/C21H21NO2/c1-15-13-22(14-16-7-3-2-4-8-16)20(24)21(15)12-11-17-9-5-6-10-18(17)19(21)23/h2-10,15H,11-14H2,1H3. The molecule has 1 saturated heterocycles. The van der Waals surface area contributed by atoms with Crippen LogP contribution in [0.2, 0.25) is 0 Å². The molecule has 1 aliphatic carbocycles. The minimum absolute atomic E-state index is 0.0124. The average molecular weight is 319 g/mol. The van der Waals surface area contributed by atoms with E-state index in [1.807, 2.05) is 59.5 Å². The van der Waals surface area contributed by atoms with Crippen LogP contribution in [0, 0.1) is 11.3 Å². The fourth-order valence-corrected chi connectivity index (χ4v) is 4.32. The van der Waals surface area contributed by atoms with Crippen LogP contribution in [0.4, 0.5) is 0 Å². The van der Waals surface area contributed by atoms with E-state index in [1.54, 1.807) is 0 Å². The van der Waals surface area contributed by atoms with Crippen molar-refractivity contribution in [2.45, 2.75) is 26.3 Å². The number of amides is 1. The molecule has 24 heavy (non-hydrogen) atoms. The molecule has 0 bridgehead atoms. The number of ketones is 1. The van der Waals surface area contributed by atoms with Gasteiger partial charge >= 0.3 is 0 Å². The molecule has 2 aromatic rings. The molecule has 1 amide bonds. The predicted octanol–water partition coefficient (Wildman–Crippen LogP) is 3.48. The Bertz CT molecular complexity index is 798. The predicted molar refractivity (Wildman–Crippen MR) is 92.5 cm³/mol. The van der Waals surface area contributed by atoms with Crippen LogP contribution in [0.5, 0.6) is 0 Å². The van der Waals surface area contributed by atoms with Crippen molar-refractivity contribution in [3.63, 3.8) is 0 Å². The maximum absolute atomic E-state index is 13.2. The second-order valence-corrected chi connectivity index (χ2v) is 7.03. The molecule has 1 aliphatic heterocycles. The lowest BCUT2D eigenvalue weighted by atomic mass is 9.65.